The van der Waals surface area contributed by atoms with Crippen molar-refractivity contribution in [2.75, 3.05) is 34.3 Å². The van der Waals surface area contributed by atoms with Crippen LogP contribution in [0.2, 0.25) is 0 Å². The van der Waals surface area contributed by atoms with Crippen molar-refractivity contribution in [2.45, 2.75) is 25.9 Å². The number of ether oxygens (including phenoxy) is 1. The molecule has 0 aliphatic rings. The van der Waals surface area contributed by atoms with E-state index in [-0.39, 0.29) is 11.9 Å². The second-order valence-corrected chi connectivity index (χ2v) is 4.98. The predicted octanol–water partition coefficient (Wildman–Crippen LogP) is 2.82. The summed E-state index contributed by atoms with van der Waals surface area (Å²) in [4.78, 5) is 6.37. The van der Waals surface area contributed by atoms with Crippen LogP contribution in [0.1, 0.15) is 31.4 Å². The van der Waals surface area contributed by atoms with Crippen LogP contribution in [0.5, 0.6) is 0 Å². The molecule has 1 aromatic carbocycles. The van der Waals surface area contributed by atoms with Gasteiger partial charge in [0.2, 0.25) is 0 Å². The van der Waals surface area contributed by atoms with E-state index in [1.807, 2.05) is 7.05 Å². The largest absolute Gasteiger partial charge is 0.375 e. The summed E-state index contributed by atoms with van der Waals surface area (Å²) in [5, 5.41) is 3.30. The molecular weight excluding hydrogens is 269 g/mol. The summed E-state index contributed by atoms with van der Waals surface area (Å²) < 4.78 is 18.4. The molecule has 118 valence electrons. The summed E-state index contributed by atoms with van der Waals surface area (Å²) in [7, 11) is 5.44. The standard InChI is InChI=1S/C16H26FN3O/c1-5-6-11-20(3)16(18-2)19-12-15(21-4)13-7-9-14(17)10-8-13/h7-10,15H,5-6,11-12H2,1-4H3,(H,18,19). The molecule has 1 unspecified atom stereocenters. The van der Waals surface area contributed by atoms with E-state index in [0.29, 0.717) is 6.54 Å². The van der Waals surface area contributed by atoms with Gasteiger partial charge in [-0.25, -0.2) is 4.39 Å². The number of methoxy groups -OCH3 is 1. The van der Waals surface area contributed by atoms with E-state index >= 15 is 0 Å². The molecule has 0 aromatic heterocycles. The Bertz CT molecular complexity index is 434. The quantitative estimate of drug-likeness (QED) is 0.621. The molecule has 0 saturated heterocycles. The fourth-order valence-corrected chi connectivity index (χ4v) is 2.08. The molecule has 0 aliphatic carbocycles. The molecule has 0 radical (unpaired) electrons. The monoisotopic (exact) mass is 295 g/mol. The molecule has 0 saturated carbocycles. The highest BCUT2D eigenvalue weighted by atomic mass is 19.1. The number of nitrogens with one attached hydrogen (secondary N) is 1. The summed E-state index contributed by atoms with van der Waals surface area (Å²) in [6.45, 7) is 3.72. The molecule has 4 nitrogen and oxygen atoms in total. The van der Waals surface area contributed by atoms with Crippen molar-refractivity contribution in [3.05, 3.63) is 35.6 Å². The molecule has 1 aromatic rings. The Morgan fingerprint density at radius 3 is 2.57 bits per heavy atom. The summed E-state index contributed by atoms with van der Waals surface area (Å²) in [6.07, 6.45) is 2.14. The number of rotatable bonds is 7. The number of guanidine groups is 1. The lowest BCUT2D eigenvalue weighted by atomic mass is 10.1. The first-order valence-electron chi connectivity index (χ1n) is 7.32. The van der Waals surface area contributed by atoms with Crippen molar-refractivity contribution >= 4 is 5.96 Å². The van der Waals surface area contributed by atoms with Crippen LogP contribution >= 0.6 is 0 Å². The highest BCUT2D eigenvalue weighted by Crippen LogP contribution is 2.16. The van der Waals surface area contributed by atoms with Gasteiger partial charge in [-0.2, -0.15) is 0 Å². The van der Waals surface area contributed by atoms with Crippen molar-refractivity contribution in [1.82, 2.24) is 10.2 Å². The van der Waals surface area contributed by atoms with Gasteiger partial charge < -0.3 is 15.0 Å². The first-order valence-corrected chi connectivity index (χ1v) is 7.32. The molecule has 0 aliphatic heterocycles. The Labute approximate surface area is 127 Å². The lowest BCUT2D eigenvalue weighted by Crippen LogP contribution is -2.41. The lowest BCUT2D eigenvalue weighted by molar-refractivity contribution is 0.106. The van der Waals surface area contributed by atoms with Gasteiger partial charge in [0.1, 0.15) is 5.82 Å². The smallest absolute Gasteiger partial charge is 0.193 e. The zero-order valence-corrected chi connectivity index (χ0v) is 13.4. The third-order valence-corrected chi connectivity index (χ3v) is 3.39. The number of nitrogens with zero attached hydrogens (tertiary/aromatic N) is 2. The third kappa shape index (κ3) is 5.71. The summed E-state index contributed by atoms with van der Waals surface area (Å²) in [5.74, 6) is 0.601. The molecule has 1 N–H and O–H groups in total. The fraction of sp³-hybridized carbons (Fsp3) is 0.562. The first-order chi connectivity index (χ1) is 10.1. The van der Waals surface area contributed by atoms with Crippen molar-refractivity contribution in [2.24, 2.45) is 4.99 Å². The van der Waals surface area contributed by atoms with E-state index in [1.54, 1.807) is 26.3 Å². The third-order valence-electron chi connectivity index (χ3n) is 3.39. The Morgan fingerprint density at radius 1 is 1.38 bits per heavy atom. The van der Waals surface area contributed by atoms with Gasteiger partial charge >= 0.3 is 0 Å². The van der Waals surface area contributed by atoms with E-state index in [2.05, 4.69) is 22.1 Å². The Balaban J connectivity index is 2.59. The molecule has 0 spiro atoms. The number of halogens is 1. The Kier molecular flexibility index (Phi) is 7.75. The molecule has 21 heavy (non-hydrogen) atoms. The molecule has 1 rings (SSSR count). The van der Waals surface area contributed by atoms with Gasteiger partial charge in [-0.3, -0.25) is 4.99 Å². The zero-order chi connectivity index (χ0) is 15.7. The molecule has 5 heteroatoms. The predicted molar refractivity (Wildman–Crippen MR) is 85.0 cm³/mol. The van der Waals surface area contributed by atoms with Crippen LogP contribution in [-0.4, -0.2) is 45.2 Å². The van der Waals surface area contributed by atoms with Gasteiger partial charge in [0.15, 0.2) is 5.96 Å². The Hall–Kier alpha value is -1.62. The van der Waals surface area contributed by atoms with Crippen molar-refractivity contribution in [3.8, 4) is 0 Å². The maximum Gasteiger partial charge on any atom is 0.193 e. The van der Waals surface area contributed by atoms with E-state index in [9.17, 15) is 4.39 Å². The van der Waals surface area contributed by atoms with Crippen LogP contribution in [0, 0.1) is 5.82 Å². The van der Waals surface area contributed by atoms with Gasteiger partial charge in [0, 0.05) is 34.3 Å². The molecule has 0 fully saturated rings. The second-order valence-electron chi connectivity index (χ2n) is 4.98. The number of aliphatic imine (C=N–C) groups is 1. The number of benzene rings is 1. The van der Waals surface area contributed by atoms with Gasteiger partial charge in [-0.1, -0.05) is 25.5 Å². The summed E-state index contributed by atoms with van der Waals surface area (Å²) >= 11 is 0. The average Bonchev–Trinajstić information content (AvgIpc) is 2.50. The SMILES string of the molecule is CCCCN(C)C(=NC)NCC(OC)c1ccc(F)cc1. The van der Waals surface area contributed by atoms with Crippen molar-refractivity contribution < 1.29 is 9.13 Å². The first kappa shape index (κ1) is 17.4. The number of unbranched alkanes of at least 4 members (excludes halogenated alkanes) is 1. The van der Waals surface area contributed by atoms with Gasteiger partial charge in [0.25, 0.3) is 0 Å². The zero-order valence-electron chi connectivity index (χ0n) is 13.4. The summed E-state index contributed by atoms with van der Waals surface area (Å²) in [6, 6.07) is 6.39. The van der Waals surface area contributed by atoms with Gasteiger partial charge in [-0.05, 0) is 24.1 Å². The topological polar surface area (TPSA) is 36.9 Å². The molecule has 0 bridgehead atoms. The van der Waals surface area contributed by atoms with E-state index in [4.69, 9.17) is 4.74 Å². The second kappa shape index (κ2) is 9.34. The van der Waals surface area contributed by atoms with E-state index in [0.717, 1.165) is 30.9 Å². The molecule has 0 amide bonds. The average molecular weight is 295 g/mol. The van der Waals surface area contributed by atoms with E-state index < -0.39 is 0 Å². The minimum atomic E-state index is -0.239. The van der Waals surface area contributed by atoms with Gasteiger partial charge in [0.05, 0.1) is 6.10 Å². The minimum absolute atomic E-state index is 0.137. The van der Waals surface area contributed by atoms with Crippen LogP contribution < -0.4 is 5.32 Å². The molecular formula is C16H26FN3O. The minimum Gasteiger partial charge on any atom is -0.375 e. The van der Waals surface area contributed by atoms with Crippen LogP contribution in [0.25, 0.3) is 0 Å². The van der Waals surface area contributed by atoms with Crippen LogP contribution in [0.15, 0.2) is 29.3 Å². The molecule has 1 atom stereocenters. The van der Waals surface area contributed by atoms with Crippen molar-refractivity contribution in [3.63, 3.8) is 0 Å². The number of hydrogen-bond acceptors (Lipinski definition) is 2. The summed E-state index contributed by atoms with van der Waals surface area (Å²) in [5.41, 5.74) is 0.943. The molecule has 0 heterocycles. The van der Waals surface area contributed by atoms with Crippen LogP contribution in [-0.2, 0) is 4.74 Å². The highest BCUT2D eigenvalue weighted by molar-refractivity contribution is 5.79. The van der Waals surface area contributed by atoms with Crippen LogP contribution in [0.4, 0.5) is 4.39 Å². The fourth-order valence-electron chi connectivity index (χ4n) is 2.08. The maximum atomic E-state index is 13.0. The van der Waals surface area contributed by atoms with Crippen molar-refractivity contribution in [1.29, 1.82) is 0 Å². The van der Waals surface area contributed by atoms with Crippen LogP contribution in [0.3, 0.4) is 0 Å². The highest BCUT2D eigenvalue weighted by Gasteiger charge is 2.13. The normalized spacial score (nSPS) is 13.1. The van der Waals surface area contributed by atoms with E-state index in [1.165, 1.54) is 12.1 Å². The lowest BCUT2D eigenvalue weighted by Gasteiger charge is -2.24. The Morgan fingerprint density at radius 2 is 2.05 bits per heavy atom. The number of hydrogen-bond donors (Lipinski definition) is 1. The van der Waals surface area contributed by atoms with Gasteiger partial charge in [-0.15, -0.1) is 0 Å². The maximum absolute atomic E-state index is 13.0.